The zero-order chi connectivity index (χ0) is 30.4. The van der Waals surface area contributed by atoms with Crippen molar-refractivity contribution in [2.75, 3.05) is 5.32 Å². The molecule has 3 aromatic rings. The second-order valence-corrected chi connectivity index (χ2v) is 12.6. The third kappa shape index (κ3) is 6.71. The van der Waals surface area contributed by atoms with Crippen molar-refractivity contribution in [1.82, 2.24) is 0 Å². The zero-order valence-electron chi connectivity index (χ0n) is 20.2. The first-order chi connectivity index (χ1) is 19.1. The lowest BCUT2D eigenvalue weighted by Crippen LogP contribution is -2.18. The number of anilines is 1. The number of carbonyl (C=O) groups is 3. The quantitative estimate of drug-likeness (QED) is 0.103. The summed E-state index contributed by atoms with van der Waals surface area (Å²) < 4.78 is 53.2. The maximum atomic E-state index is 14.9. The van der Waals surface area contributed by atoms with Gasteiger partial charge in [-0.25, -0.2) is 17.6 Å². The number of amides is 1. The standard InChI is InChI=1S/C27H15BrCl5F4NO3/c28-15-5-11(6-17(30)23(15)31)21-22(27(21,32)33)26(41)38-12-2-3-16(29)13(8-12)19(39)7-10-1-4-18(34)14(24(10)35)9-20(40)25(36)37/h1-6,8,21-22,25H,7,9H2,(H,38,41). The number of hydrogen-bond donors (Lipinski definition) is 1. The van der Waals surface area contributed by atoms with E-state index >= 15 is 0 Å². The number of hydrogen-bond acceptors (Lipinski definition) is 3. The van der Waals surface area contributed by atoms with Gasteiger partial charge in [0.1, 0.15) is 16.0 Å². The van der Waals surface area contributed by atoms with Gasteiger partial charge in [0, 0.05) is 40.0 Å². The van der Waals surface area contributed by atoms with Crippen molar-refractivity contribution in [1.29, 1.82) is 0 Å². The molecule has 1 saturated carbocycles. The summed E-state index contributed by atoms with van der Waals surface area (Å²) in [6.07, 6.45) is -5.22. The van der Waals surface area contributed by atoms with E-state index in [4.69, 9.17) is 58.0 Å². The largest absolute Gasteiger partial charge is 0.326 e. The number of carbonyl (C=O) groups excluding carboxylic acids is 3. The average molecular weight is 735 g/mol. The summed E-state index contributed by atoms with van der Waals surface area (Å²) in [6, 6.07) is 8.94. The minimum Gasteiger partial charge on any atom is -0.326 e. The first-order valence-corrected chi connectivity index (χ1v) is 14.2. The fourth-order valence-corrected chi connectivity index (χ4v) is 6.30. The molecule has 4 rings (SSSR count). The molecule has 0 spiro atoms. The molecule has 1 aliphatic carbocycles. The lowest BCUT2D eigenvalue weighted by molar-refractivity contribution is -0.128. The number of benzene rings is 3. The summed E-state index contributed by atoms with van der Waals surface area (Å²) in [7, 11) is 0. The molecule has 41 heavy (non-hydrogen) atoms. The lowest BCUT2D eigenvalue weighted by atomic mass is 9.98. The molecule has 14 heteroatoms. The topological polar surface area (TPSA) is 63.2 Å². The molecule has 2 unspecified atom stereocenters. The van der Waals surface area contributed by atoms with Crippen LogP contribution in [-0.4, -0.2) is 28.2 Å². The Hall–Kier alpha value is -1.88. The van der Waals surface area contributed by atoms with Crippen LogP contribution in [0.5, 0.6) is 0 Å². The molecule has 3 aromatic carbocycles. The van der Waals surface area contributed by atoms with Crippen molar-refractivity contribution in [3.8, 4) is 0 Å². The van der Waals surface area contributed by atoms with Crippen LogP contribution in [0.25, 0.3) is 0 Å². The molecule has 216 valence electrons. The van der Waals surface area contributed by atoms with Crippen LogP contribution in [-0.2, 0) is 22.4 Å². The number of ketones is 2. The third-order valence-corrected chi connectivity index (χ3v) is 9.37. The average Bonchev–Trinajstić information content (AvgIpc) is 3.49. The molecule has 0 heterocycles. The van der Waals surface area contributed by atoms with Gasteiger partial charge in [-0.3, -0.25) is 14.4 Å². The van der Waals surface area contributed by atoms with Gasteiger partial charge in [-0.05, 0) is 63.5 Å². The molecule has 1 fully saturated rings. The van der Waals surface area contributed by atoms with Gasteiger partial charge in [-0.15, -0.1) is 23.2 Å². The van der Waals surface area contributed by atoms with Crippen LogP contribution in [0.1, 0.15) is 33.0 Å². The Kier molecular flexibility index (Phi) is 9.68. The van der Waals surface area contributed by atoms with Gasteiger partial charge in [0.2, 0.25) is 11.7 Å². The van der Waals surface area contributed by atoms with Crippen molar-refractivity contribution >= 4 is 97.1 Å². The first kappa shape index (κ1) is 32.0. The summed E-state index contributed by atoms with van der Waals surface area (Å²) in [6.45, 7) is 0. The monoisotopic (exact) mass is 731 g/mol. The van der Waals surface area contributed by atoms with Gasteiger partial charge in [0.05, 0.1) is 21.0 Å². The fourth-order valence-electron chi connectivity index (χ4n) is 4.32. The van der Waals surface area contributed by atoms with Crippen molar-refractivity contribution in [3.05, 3.63) is 95.9 Å². The normalized spacial score (nSPS) is 17.4. The van der Waals surface area contributed by atoms with Crippen LogP contribution in [0.4, 0.5) is 23.2 Å². The van der Waals surface area contributed by atoms with E-state index in [1.54, 1.807) is 12.1 Å². The van der Waals surface area contributed by atoms with Crippen LogP contribution in [0.3, 0.4) is 0 Å². The summed E-state index contributed by atoms with van der Waals surface area (Å²) >= 11 is 34.5. The van der Waals surface area contributed by atoms with Crippen molar-refractivity contribution in [3.63, 3.8) is 0 Å². The molecule has 2 atom stereocenters. The zero-order valence-corrected chi connectivity index (χ0v) is 25.6. The van der Waals surface area contributed by atoms with Crippen molar-refractivity contribution in [2.45, 2.75) is 29.5 Å². The van der Waals surface area contributed by atoms with Gasteiger partial charge in [-0.2, -0.15) is 0 Å². The minimum atomic E-state index is -3.41. The Morgan fingerprint density at radius 3 is 2.27 bits per heavy atom. The summed E-state index contributed by atoms with van der Waals surface area (Å²) in [5.74, 6) is -6.97. The van der Waals surface area contributed by atoms with Gasteiger partial charge in [0.25, 0.3) is 6.43 Å². The molecule has 4 nitrogen and oxygen atoms in total. The molecule has 1 amide bonds. The van der Waals surface area contributed by atoms with Crippen LogP contribution in [0.2, 0.25) is 15.1 Å². The predicted molar refractivity (Wildman–Crippen MR) is 154 cm³/mol. The third-order valence-electron chi connectivity index (χ3n) is 6.45. The molecule has 0 bridgehead atoms. The minimum absolute atomic E-state index is 0.0300. The lowest BCUT2D eigenvalue weighted by Gasteiger charge is -2.11. The van der Waals surface area contributed by atoms with Crippen LogP contribution in [0, 0.1) is 17.6 Å². The Morgan fingerprint density at radius 2 is 1.63 bits per heavy atom. The Bertz CT molecular complexity index is 1560. The van der Waals surface area contributed by atoms with Crippen LogP contribution < -0.4 is 5.32 Å². The number of rotatable bonds is 9. The summed E-state index contributed by atoms with van der Waals surface area (Å²) in [5.41, 5.74) is -0.592. The van der Waals surface area contributed by atoms with E-state index in [-0.39, 0.29) is 31.9 Å². The van der Waals surface area contributed by atoms with Crippen molar-refractivity contribution < 1.29 is 31.9 Å². The molecule has 0 saturated heterocycles. The smallest absolute Gasteiger partial charge is 0.296 e. The highest BCUT2D eigenvalue weighted by atomic mass is 79.9. The number of nitrogens with one attached hydrogen (secondary N) is 1. The predicted octanol–water partition coefficient (Wildman–Crippen LogP) is 9.02. The number of alkyl halides is 4. The van der Waals surface area contributed by atoms with E-state index in [1.165, 1.54) is 18.2 Å². The van der Waals surface area contributed by atoms with E-state index in [0.717, 1.165) is 12.1 Å². The van der Waals surface area contributed by atoms with Crippen molar-refractivity contribution in [2.24, 2.45) is 5.92 Å². The molecule has 0 aliphatic heterocycles. The van der Waals surface area contributed by atoms with Gasteiger partial charge in [-0.1, -0.05) is 40.9 Å². The maximum Gasteiger partial charge on any atom is 0.296 e. The maximum absolute atomic E-state index is 14.9. The first-order valence-electron chi connectivity index (χ1n) is 11.6. The van der Waals surface area contributed by atoms with Gasteiger partial charge < -0.3 is 5.32 Å². The molecular formula is C27H15BrCl5F4NO3. The SMILES string of the molecule is O=C(Cc1ccc(F)c(CC(=O)C(F)F)c1F)c1cc(NC(=O)C2C(c3cc(Cl)c(Cl)c(Br)c3)C2(Cl)Cl)ccc1Cl. The summed E-state index contributed by atoms with van der Waals surface area (Å²) in [4.78, 5) is 37.4. The molecule has 1 aliphatic rings. The van der Waals surface area contributed by atoms with E-state index in [1.807, 2.05) is 0 Å². The number of halogens is 10. The highest BCUT2D eigenvalue weighted by Crippen LogP contribution is 2.65. The Labute approximate surface area is 264 Å². The van der Waals surface area contributed by atoms with E-state index in [9.17, 15) is 31.9 Å². The van der Waals surface area contributed by atoms with Gasteiger partial charge >= 0.3 is 0 Å². The second-order valence-electron chi connectivity index (χ2n) is 9.16. The van der Waals surface area contributed by atoms with E-state index < -0.39 is 70.1 Å². The molecular weight excluding hydrogens is 719 g/mol. The van der Waals surface area contributed by atoms with E-state index in [2.05, 4.69) is 21.2 Å². The highest BCUT2D eigenvalue weighted by Gasteiger charge is 2.67. The number of Topliss-reactive ketones (excluding diaryl/α,β-unsaturated/α-hetero) is 2. The van der Waals surface area contributed by atoms with Crippen LogP contribution >= 0.6 is 73.9 Å². The fraction of sp³-hybridized carbons (Fsp3) is 0.222. The summed E-state index contributed by atoms with van der Waals surface area (Å²) in [5, 5.41) is 3.11. The molecule has 0 radical (unpaired) electrons. The molecule has 1 N–H and O–H groups in total. The van der Waals surface area contributed by atoms with Gasteiger partial charge in [0.15, 0.2) is 5.78 Å². The van der Waals surface area contributed by atoms with Crippen LogP contribution in [0.15, 0.2) is 46.9 Å². The molecule has 0 aromatic heterocycles. The second kappa shape index (κ2) is 12.4. The Balaban J connectivity index is 1.52. The highest BCUT2D eigenvalue weighted by molar-refractivity contribution is 9.10. The Morgan fingerprint density at radius 1 is 0.951 bits per heavy atom. The van der Waals surface area contributed by atoms with E-state index in [0.29, 0.717) is 10.0 Å².